The summed E-state index contributed by atoms with van der Waals surface area (Å²) in [5, 5.41) is 2.80. The number of carbonyl (C=O) groups is 2. The molecule has 3 aromatic rings. The SMILES string of the molecule is COc1ccc(S(=O)(=O)N(CC(=O)N(Cc2cccc(Br)c2)[C@H](C)C(=O)NC(C)C)c2ccc(F)cc2)cc1OC. The fourth-order valence-corrected chi connectivity index (χ4v) is 5.94. The summed E-state index contributed by atoms with van der Waals surface area (Å²) in [6, 6.07) is 15.0. The van der Waals surface area contributed by atoms with Crippen molar-refractivity contribution in [2.75, 3.05) is 25.1 Å². The molecule has 2 amide bonds. The molecule has 0 unspecified atom stereocenters. The van der Waals surface area contributed by atoms with Gasteiger partial charge in [-0.3, -0.25) is 13.9 Å². The van der Waals surface area contributed by atoms with E-state index in [2.05, 4.69) is 21.2 Å². The predicted octanol–water partition coefficient (Wildman–Crippen LogP) is 4.74. The molecule has 9 nitrogen and oxygen atoms in total. The van der Waals surface area contributed by atoms with Gasteiger partial charge in [0, 0.05) is 23.1 Å². The molecule has 3 aromatic carbocycles. The van der Waals surface area contributed by atoms with Crippen LogP contribution in [-0.4, -0.2) is 58.0 Å². The van der Waals surface area contributed by atoms with Crippen LogP contribution in [0.5, 0.6) is 11.5 Å². The number of rotatable bonds is 12. The first-order valence-corrected chi connectivity index (χ1v) is 14.9. The average Bonchev–Trinajstić information content (AvgIpc) is 2.93. The third-order valence-corrected chi connectivity index (χ3v) is 8.44. The van der Waals surface area contributed by atoms with Crippen LogP contribution >= 0.6 is 15.9 Å². The van der Waals surface area contributed by atoms with Crippen molar-refractivity contribution >= 4 is 43.5 Å². The summed E-state index contributed by atoms with van der Waals surface area (Å²) in [5.41, 5.74) is 0.796. The van der Waals surface area contributed by atoms with Gasteiger partial charge in [-0.1, -0.05) is 28.1 Å². The highest BCUT2D eigenvalue weighted by Crippen LogP contribution is 2.32. The highest BCUT2D eigenvalue weighted by atomic mass is 79.9. The van der Waals surface area contributed by atoms with E-state index in [9.17, 15) is 22.4 Å². The van der Waals surface area contributed by atoms with Gasteiger partial charge < -0.3 is 19.7 Å². The molecule has 12 heteroatoms. The van der Waals surface area contributed by atoms with Gasteiger partial charge >= 0.3 is 0 Å². The number of anilines is 1. The number of benzene rings is 3. The number of methoxy groups -OCH3 is 2. The lowest BCUT2D eigenvalue weighted by Crippen LogP contribution is -2.52. The summed E-state index contributed by atoms with van der Waals surface area (Å²) < 4.78 is 53.9. The van der Waals surface area contributed by atoms with Crippen molar-refractivity contribution in [2.24, 2.45) is 0 Å². The summed E-state index contributed by atoms with van der Waals surface area (Å²) in [5.74, 6) is -1.10. The Kier molecular flexibility index (Phi) is 10.7. The predicted molar refractivity (Wildman–Crippen MR) is 158 cm³/mol. The number of nitrogens with one attached hydrogen (secondary N) is 1. The number of nitrogens with zero attached hydrogens (tertiary/aromatic N) is 2. The van der Waals surface area contributed by atoms with Crippen LogP contribution in [0.2, 0.25) is 0 Å². The molecule has 0 bridgehead atoms. The van der Waals surface area contributed by atoms with E-state index in [0.717, 1.165) is 26.5 Å². The van der Waals surface area contributed by atoms with Crippen molar-refractivity contribution < 1.29 is 31.9 Å². The molecule has 0 spiro atoms. The van der Waals surface area contributed by atoms with Crippen LogP contribution in [0.4, 0.5) is 10.1 Å². The Labute approximate surface area is 248 Å². The Hall–Kier alpha value is -3.64. The second-order valence-corrected chi connectivity index (χ2v) is 12.3. The van der Waals surface area contributed by atoms with Gasteiger partial charge in [0.1, 0.15) is 18.4 Å². The van der Waals surface area contributed by atoms with Crippen LogP contribution in [0.1, 0.15) is 26.3 Å². The van der Waals surface area contributed by atoms with Gasteiger partial charge in [0.2, 0.25) is 11.8 Å². The minimum Gasteiger partial charge on any atom is -0.493 e. The number of carbonyl (C=O) groups excluding carboxylic acids is 2. The standard InChI is InChI=1S/C29H33BrFN3O6S/c1-19(2)32-29(36)20(3)33(17-21-7-6-8-22(30)15-21)28(35)18-34(24-11-9-23(31)10-12-24)41(37,38)25-13-14-26(39-4)27(16-25)40-5/h6-16,19-20H,17-18H2,1-5H3,(H,32,36)/t20-/m1/s1. The van der Waals surface area contributed by atoms with E-state index in [1.54, 1.807) is 32.9 Å². The van der Waals surface area contributed by atoms with E-state index < -0.39 is 34.3 Å². The van der Waals surface area contributed by atoms with Gasteiger partial charge in [0.25, 0.3) is 10.0 Å². The Morgan fingerprint density at radius 2 is 1.61 bits per heavy atom. The molecule has 0 saturated heterocycles. The van der Waals surface area contributed by atoms with Crippen molar-refractivity contribution in [1.29, 1.82) is 0 Å². The molecule has 220 valence electrons. The van der Waals surface area contributed by atoms with Crippen LogP contribution in [0.3, 0.4) is 0 Å². The third-order valence-electron chi connectivity index (χ3n) is 6.18. The van der Waals surface area contributed by atoms with Crippen LogP contribution < -0.4 is 19.1 Å². The van der Waals surface area contributed by atoms with E-state index >= 15 is 0 Å². The molecular weight excluding hydrogens is 617 g/mol. The van der Waals surface area contributed by atoms with Gasteiger partial charge in [-0.05, 0) is 74.9 Å². The minimum absolute atomic E-state index is 0.0403. The summed E-state index contributed by atoms with van der Waals surface area (Å²) >= 11 is 3.42. The fraction of sp³-hybridized carbons (Fsp3) is 0.310. The van der Waals surface area contributed by atoms with Crippen molar-refractivity contribution in [3.8, 4) is 11.5 Å². The molecule has 0 aliphatic rings. The fourth-order valence-electron chi connectivity index (χ4n) is 4.06. The number of ether oxygens (including phenoxy) is 2. The van der Waals surface area contributed by atoms with Crippen LogP contribution in [0.15, 0.2) is 76.1 Å². The Bertz CT molecular complexity index is 1480. The zero-order chi connectivity index (χ0) is 30.3. The Balaban J connectivity index is 2.07. The maximum Gasteiger partial charge on any atom is 0.264 e. The van der Waals surface area contributed by atoms with Crippen molar-refractivity contribution in [3.63, 3.8) is 0 Å². The molecule has 1 N–H and O–H groups in total. The second-order valence-electron chi connectivity index (χ2n) is 9.50. The minimum atomic E-state index is -4.38. The summed E-state index contributed by atoms with van der Waals surface area (Å²) in [6.07, 6.45) is 0. The highest BCUT2D eigenvalue weighted by Gasteiger charge is 2.33. The first-order chi connectivity index (χ1) is 19.4. The lowest BCUT2D eigenvalue weighted by atomic mass is 10.1. The number of hydrogen-bond donors (Lipinski definition) is 1. The third kappa shape index (κ3) is 7.98. The molecule has 1 atom stereocenters. The largest absolute Gasteiger partial charge is 0.493 e. The highest BCUT2D eigenvalue weighted by molar-refractivity contribution is 9.10. The van der Waals surface area contributed by atoms with Gasteiger partial charge in [-0.2, -0.15) is 0 Å². The smallest absolute Gasteiger partial charge is 0.264 e. The molecular formula is C29H33BrFN3O6S. The van der Waals surface area contributed by atoms with Crippen molar-refractivity contribution in [3.05, 3.63) is 82.6 Å². The van der Waals surface area contributed by atoms with Crippen LogP contribution in [0.25, 0.3) is 0 Å². The normalized spacial score (nSPS) is 12.0. The van der Waals surface area contributed by atoms with Crippen LogP contribution in [-0.2, 0) is 26.2 Å². The van der Waals surface area contributed by atoms with Crippen molar-refractivity contribution in [1.82, 2.24) is 10.2 Å². The topological polar surface area (TPSA) is 105 Å². The zero-order valence-corrected chi connectivity index (χ0v) is 25.8. The summed E-state index contributed by atoms with van der Waals surface area (Å²) in [6.45, 7) is 4.57. The van der Waals surface area contributed by atoms with E-state index in [-0.39, 0.29) is 34.8 Å². The number of amides is 2. The summed E-state index contributed by atoms with van der Waals surface area (Å²) in [4.78, 5) is 28.1. The van der Waals surface area contributed by atoms with Gasteiger partial charge in [0.15, 0.2) is 11.5 Å². The van der Waals surface area contributed by atoms with Gasteiger partial charge in [-0.15, -0.1) is 0 Å². The maximum absolute atomic E-state index is 14.0. The Morgan fingerprint density at radius 3 is 2.20 bits per heavy atom. The first-order valence-electron chi connectivity index (χ1n) is 12.7. The second kappa shape index (κ2) is 13.8. The lowest BCUT2D eigenvalue weighted by Gasteiger charge is -2.32. The number of hydrogen-bond acceptors (Lipinski definition) is 6. The summed E-state index contributed by atoms with van der Waals surface area (Å²) in [7, 11) is -1.58. The van der Waals surface area contributed by atoms with Gasteiger partial charge in [-0.25, -0.2) is 12.8 Å². The molecule has 0 aliphatic carbocycles. The van der Waals surface area contributed by atoms with E-state index in [1.165, 1.54) is 49.5 Å². The Morgan fingerprint density at radius 1 is 0.951 bits per heavy atom. The van der Waals surface area contributed by atoms with Gasteiger partial charge in [0.05, 0.1) is 24.8 Å². The lowest BCUT2D eigenvalue weighted by molar-refractivity contribution is -0.139. The van der Waals surface area contributed by atoms with E-state index in [4.69, 9.17) is 9.47 Å². The first kappa shape index (κ1) is 31.9. The molecule has 0 aromatic heterocycles. The molecule has 0 saturated carbocycles. The monoisotopic (exact) mass is 649 g/mol. The van der Waals surface area contributed by atoms with Crippen LogP contribution in [0, 0.1) is 5.82 Å². The van der Waals surface area contributed by atoms with E-state index in [0.29, 0.717) is 5.75 Å². The molecule has 3 rings (SSSR count). The molecule has 0 aliphatic heterocycles. The molecule has 0 fully saturated rings. The van der Waals surface area contributed by atoms with Crippen molar-refractivity contribution in [2.45, 2.75) is 44.3 Å². The number of halogens is 2. The quantitative estimate of drug-likeness (QED) is 0.304. The molecule has 0 radical (unpaired) electrons. The average molecular weight is 651 g/mol. The maximum atomic E-state index is 14.0. The zero-order valence-electron chi connectivity index (χ0n) is 23.4. The molecule has 41 heavy (non-hydrogen) atoms. The molecule has 0 heterocycles. The van der Waals surface area contributed by atoms with E-state index in [1.807, 2.05) is 12.1 Å². The number of sulfonamides is 1.